The molecule has 0 saturated carbocycles. The summed E-state index contributed by atoms with van der Waals surface area (Å²) in [6.07, 6.45) is 1.80. The highest BCUT2D eigenvalue weighted by molar-refractivity contribution is 5.37. The van der Waals surface area contributed by atoms with Crippen LogP contribution in [-0.2, 0) is 0 Å². The Morgan fingerprint density at radius 3 is 2.73 bits per heavy atom. The van der Waals surface area contributed by atoms with E-state index in [0.29, 0.717) is 5.56 Å². The third-order valence-electron chi connectivity index (χ3n) is 2.64. The largest absolute Gasteiger partial charge is 0.310 e. The van der Waals surface area contributed by atoms with Gasteiger partial charge in [-0.3, -0.25) is 0 Å². The molecule has 0 aromatic heterocycles. The smallest absolute Gasteiger partial charge is 0.143 e. The molecule has 0 radical (unpaired) electrons. The molecule has 2 rings (SSSR count). The van der Waals surface area contributed by atoms with E-state index in [1.807, 2.05) is 0 Å². The molecule has 0 spiro atoms. The van der Waals surface area contributed by atoms with Crippen molar-refractivity contribution in [3.63, 3.8) is 0 Å². The van der Waals surface area contributed by atoms with Crippen LogP contribution in [0.25, 0.3) is 0 Å². The Hall–Kier alpha value is -1.47. The van der Waals surface area contributed by atoms with Gasteiger partial charge in [0.25, 0.3) is 0 Å². The number of rotatable bonds is 1. The summed E-state index contributed by atoms with van der Waals surface area (Å²) in [4.78, 5) is 0. The molecule has 1 aliphatic rings. The van der Waals surface area contributed by atoms with Gasteiger partial charge in [-0.15, -0.1) is 0 Å². The van der Waals surface area contributed by atoms with E-state index in [1.165, 1.54) is 6.07 Å². The van der Waals surface area contributed by atoms with Crippen molar-refractivity contribution in [2.24, 2.45) is 0 Å². The zero-order chi connectivity index (χ0) is 10.8. The normalized spacial score (nSPS) is 20.2. The first-order valence-electron chi connectivity index (χ1n) is 4.85. The van der Waals surface area contributed by atoms with Crippen LogP contribution in [0.4, 0.5) is 8.78 Å². The first-order chi connectivity index (χ1) is 7.22. The zero-order valence-electron chi connectivity index (χ0n) is 8.06. The van der Waals surface area contributed by atoms with Crippen LogP contribution < -0.4 is 5.32 Å². The van der Waals surface area contributed by atoms with Gasteiger partial charge in [0.1, 0.15) is 17.7 Å². The van der Waals surface area contributed by atoms with Gasteiger partial charge in [-0.2, -0.15) is 5.26 Å². The lowest BCUT2D eigenvalue weighted by Crippen LogP contribution is -2.14. The highest BCUT2D eigenvalue weighted by Crippen LogP contribution is 2.27. The molecule has 0 bridgehead atoms. The highest BCUT2D eigenvalue weighted by Gasteiger charge is 2.21. The first-order valence-corrected chi connectivity index (χ1v) is 4.85. The molecule has 1 saturated heterocycles. The fraction of sp³-hybridized carbons (Fsp3) is 0.364. The van der Waals surface area contributed by atoms with Crippen molar-refractivity contribution >= 4 is 0 Å². The van der Waals surface area contributed by atoms with E-state index >= 15 is 0 Å². The molecule has 0 amide bonds. The van der Waals surface area contributed by atoms with Gasteiger partial charge in [0.15, 0.2) is 0 Å². The minimum Gasteiger partial charge on any atom is -0.310 e. The van der Waals surface area contributed by atoms with Gasteiger partial charge in [0.05, 0.1) is 5.56 Å². The summed E-state index contributed by atoms with van der Waals surface area (Å²) in [5.41, 5.74) is 0.297. The van der Waals surface area contributed by atoms with Gasteiger partial charge >= 0.3 is 0 Å². The predicted octanol–water partition coefficient (Wildman–Crippen LogP) is 2.26. The van der Waals surface area contributed by atoms with Crippen molar-refractivity contribution in [1.29, 1.82) is 5.26 Å². The van der Waals surface area contributed by atoms with Crippen molar-refractivity contribution in [2.45, 2.75) is 18.9 Å². The lowest BCUT2D eigenvalue weighted by atomic mass is 10.0. The van der Waals surface area contributed by atoms with Crippen LogP contribution in [-0.4, -0.2) is 6.54 Å². The molecule has 78 valence electrons. The lowest BCUT2D eigenvalue weighted by Gasteiger charge is -2.12. The van der Waals surface area contributed by atoms with E-state index < -0.39 is 11.6 Å². The Kier molecular flexibility index (Phi) is 2.65. The summed E-state index contributed by atoms with van der Waals surface area (Å²) in [5, 5.41) is 11.8. The molecule has 2 nitrogen and oxygen atoms in total. The minimum atomic E-state index is -0.795. The second kappa shape index (κ2) is 3.95. The number of benzene rings is 1. The number of hydrogen-bond acceptors (Lipinski definition) is 2. The number of hydrogen-bond donors (Lipinski definition) is 1. The van der Waals surface area contributed by atoms with E-state index in [0.717, 1.165) is 25.5 Å². The van der Waals surface area contributed by atoms with Crippen molar-refractivity contribution in [3.05, 3.63) is 34.9 Å². The number of halogens is 2. The third-order valence-corrected chi connectivity index (χ3v) is 2.64. The molecule has 1 heterocycles. The van der Waals surface area contributed by atoms with Crippen LogP contribution >= 0.6 is 0 Å². The van der Waals surface area contributed by atoms with Gasteiger partial charge in [-0.25, -0.2) is 8.78 Å². The van der Waals surface area contributed by atoms with Gasteiger partial charge in [-0.05, 0) is 25.5 Å². The van der Waals surface area contributed by atoms with Gasteiger partial charge < -0.3 is 5.32 Å². The molecule has 1 fully saturated rings. The topological polar surface area (TPSA) is 35.8 Å². The molecular weight excluding hydrogens is 198 g/mol. The van der Waals surface area contributed by atoms with Crippen LogP contribution in [0, 0.1) is 23.0 Å². The molecular formula is C11H10F2N2. The van der Waals surface area contributed by atoms with Crippen LogP contribution in [0.1, 0.15) is 30.0 Å². The maximum absolute atomic E-state index is 13.4. The van der Waals surface area contributed by atoms with Crippen molar-refractivity contribution in [3.8, 4) is 6.07 Å². The SMILES string of the molecule is N#Cc1cc(C2CCCN2)c(F)cc1F. The van der Waals surface area contributed by atoms with E-state index in [9.17, 15) is 8.78 Å². The second-order valence-corrected chi connectivity index (χ2v) is 3.61. The van der Waals surface area contributed by atoms with Gasteiger partial charge in [0, 0.05) is 17.7 Å². The molecule has 1 aromatic rings. The van der Waals surface area contributed by atoms with E-state index in [-0.39, 0.29) is 11.6 Å². The van der Waals surface area contributed by atoms with Crippen LogP contribution in [0.2, 0.25) is 0 Å². The molecule has 1 N–H and O–H groups in total. The van der Waals surface area contributed by atoms with E-state index in [2.05, 4.69) is 5.32 Å². The average molecular weight is 208 g/mol. The maximum Gasteiger partial charge on any atom is 0.143 e. The molecule has 1 aromatic carbocycles. The summed E-state index contributed by atoms with van der Waals surface area (Å²) in [5.74, 6) is -1.37. The summed E-state index contributed by atoms with van der Waals surface area (Å²) < 4.78 is 26.5. The van der Waals surface area contributed by atoms with Crippen LogP contribution in [0.5, 0.6) is 0 Å². The Bertz CT molecular complexity index is 417. The molecule has 1 aliphatic heterocycles. The highest BCUT2D eigenvalue weighted by atomic mass is 19.1. The van der Waals surface area contributed by atoms with Crippen LogP contribution in [0.3, 0.4) is 0 Å². The first kappa shape index (κ1) is 10.1. The molecule has 4 heteroatoms. The van der Waals surface area contributed by atoms with Crippen molar-refractivity contribution in [2.75, 3.05) is 6.54 Å². The minimum absolute atomic E-state index is 0.0855. The summed E-state index contributed by atoms with van der Waals surface area (Å²) >= 11 is 0. The predicted molar refractivity (Wildman–Crippen MR) is 51.1 cm³/mol. The molecule has 15 heavy (non-hydrogen) atoms. The maximum atomic E-state index is 13.4. The molecule has 0 aliphatic carbocycles. The Morgan fingerprint density at radius 2 is 2.13 bits per heavy atom. The number of nitrogens with zero attached hydrogens (tertiary/aromatic N) is 1. The standard InChI is InChI=1S/C11H10F2N2/c12-9-5-10(13)8(4-7(9)6-14)11-2-1-3-15-11/h4-5,11,15H,1-3H2. The summed E-state index contributed by atoms with van der Waals surface area (Å²) in [7, 11) is 0. The van der Waals surface area contributed by atoms with Crippen molar-refractivity contribution < 1.29 is 8.78 Å². The van der Waals surface area contributed by atoms with Gasteiger partial charge in [-0.1, -0.05) is 0 Å². The quantitative estimate of drug-likeness (QED) is 0.768. The molecule has 1 unspecified atom stereocenters. The second-order valence-electron chi connectivity index (χ2n) is 3.61. The molecule has 1 atom stereocenters. The summed E-state index contributed by atoms with van der Waals surface area (Å²) in [6.45, 7) is 0.837. The Balaban J connectivity index is 2.42. The zero-order valence-corrected chi connectivity index (χ0v) is 8.06. The fourth-order valence-corrected chi connectivity index (χ4v) is 1.87. The monoisotopic (exact) mass is 208 g/mol. The Morgan fingerprint density at radius 1 is 1.33 bits per heavy atom. The van der Waals surface area contributed by atoms with Crippen LogP contribution in [0.15, 0.2) is 12.1 Å². The number of nitriles is 1. The Labute approximate surface area is 86.5 Å². The fourth-order valence-electron chi connectivity index (χ4n) is 1.87. The van der Waals surface area contributed by atoms with Crippen molar-refractivity contribution in [1.82, 2.24) is 5.32 Å². The van der Waals surface area contributed by atoms with E-state index in [4.69, 9.17) is 5.26 Å². The lowest BCUT2D eigenvalue weighted by molar-refractivity contribution is 0.538. The number of nitrogens with one attached hydrogen (secondary N) is 1. The average Bonchev–Trinajstić information content (AvgIpc) is 2.71. The third kappa shape index (κ3) is 1.83. The van der Waals surface area contributed by atoms with Gasteiger partial charge in [0.2, 0.25) is 0 Å². The van der Waals surface area contributed by atoms with E-state index in [1.54, 1.807) is 6.07 Å². The summed E-state index contributed by atoms with van der Waals surface area (Å²) in [6, 6.07) is 3.72.